The first-order valence-corrected chi connectivity index (χ1v) is 7.96. The third-order valence-electron chi connectivity index (χ3n) is 2.25. The Kier molecular flexibility index (Phi) is 6.65. The minimum atomic E-state index is -0.984. The molecular weight excluding hydrogens is 286 g/mol. The lowest BCUT2D eigenvalue weighted by Crippen LogP contribution is -2.35. The maximum absolute atomic E-state index is 11.4. The van der Waals surface area contributed by atoms with Crippen LogP contribution in [-0.4, -0.2) is 40.6 Å². The summed E-state index contributed by atoms with van der Waals surface area (Å²) in [6.07, 6.45) is 2.94. The molecule has 1 heterocycles. The lowest BCUT2D eigenvalue weighted by molar-refractivity contribution is 0.0701. The Labute approximate surface area is 120 Å². The number of urea groups is 1. The van der Waals surface area contributed by atoms with Crippen LogP contribution < -0.4 is 10.6 Å². The predicted molar refractivity (Wildman–Crippen MR) is 77.0 cm³/mol. The second kappa shape index (κ2) is 8.00. The Hall–Kier alpha value is -1.28. The number of nitrogens with zero attached hydrogens (tertiary/aromatic N) is 1. The van der Waals surface area contributed by atoms with E-state index in [1.54, 1.807) is 18.7 Å². The van der Waals surface area contributed by atoms with Gasteiger partial charge in [0.2, 0.25) is 0 Å². The highest BCUT2D eigenvalue weighted by Gasteiger charge is 2.14. The molecule has 6 nitrogen and oxygen atoms in total. The smallest absolute Gasteiger partial charge is 0.347 e. The van der Waals surface area contributed by atoms with Crippen molar-refractivity contribution in [3.63, 3.8) is 0 Å². The van der Waals surface area contributed by atoms with Gasteiger partial charge in [-0.2, -0.15) is 11.8 Å². The van der Waals surface area contributed by atoms with E-state index in [-0.39, 0.29) is 17.5 Å². The summed E-state index contributed by atoms with van der Waals surface area (Å²) in [5.41, 5.74) is 0.481. The molecule has 0 fully saturated rings. The number of thioether (sulfide) groups is 1. The quantitative estimate of drug-likeness (QED) is 0.667. The van der Waals surface area contributed by atoms with E-state index in [4.69, 9.17) is 5.11 Å². The molecule has 0 aliphatic carbocycles. The third kappa shape index (κ3) is 5.48. The molecule has 1 aromatic heterocycles. The highest BCUT2D eigenvalue weighted by Crippen LogP contribution is 2.17. The van der Waals surface area contributed by atoms with E-state index in [2.05, 4.69) is 15.6 Å². The molecule has 0 saturated carbocycles. The molecule has 0 atom stereocenters. The second-order valence-electron chi connectivity index (χ2n) is 3.78. The number of carbonyl (C=O) groups excluding carboxylic acids is 1. The molecule has 8 heteroatoms. The maximum atomic E-state index is 11.4. The summed E-state index contributed by atoms with van der Waals surface area (Å²) in [5.74, 6) is 0.0243. The zero-order chi connectivity index (χ0) is 14.3. The molecule has 0 radical (unpaired) electrons. The first-order valence-electron chi connectivity index (χ1n) is 5.74. The van der Waals surface area contributed by atoms with Crippen LogP contribution in [0.4, 0.5) is 4.79 Å². The van der Waals surface area contributed by atoms with E-state index >= 15 is 0 Å². The number of nitrogens with one attached hydrogen (secondary N) is 2. The highest BCUT2D eigenvalue weighted by atomic mass is 32.2. The standard InChI is InChI=1S/C11H17N3O3S2/c1-7-9(10(15)16)19-8(14-7)6-13-11(17)12-4-3-5-18-2/h3-6H2,1-2H3,(H,15,16)(H2,12,13,17). The topological polar surface area (TPSA) is 91.3 Å². The minimum absolute atomic E-state index is 0.220. The third-order valence-corrected chi connectivity index (χ3v) is 4.09. The molecule has 0 unspecified atom stereocenters. The van der Waals surface area contributed by atoms with Crippen LogP contribution in [0.2, 0.25) is 0 Å². The number of hydrogen-bond donors (Lipinski definition) is 3. The van der Waals surface area contributed by atoms with E-state index in [0.29, 0.717) is 17.2 Å². The molecule has 106 valence electrons. The van der Waals surface area contributed by atoms with E-state index in [9.17, 15) is 9.59 Å². The van der Waals surface area contributed by atoms with Crippen molar-refractivity contribution in [1.82, 2.24) is 15.6 Å². The number of carboxylic acid groups (broad SMARTS) is 1. The summed E-state index contributed by atoms with van der Waals surface area (Å²) in [4.78, 5) is 26.6. The van der Waals surface area contributed by atoms with Gasteiger partial charge in [0, 0.05) is 6.54 Å². The van der Waals surface area contributed by atoms with Crippen LogP contribution in [0, 0.1) is 6.92 Å². The summed E-state index contributed by atoms with van der Waals surface area (Å²) in [7, 11) is 0. The predicted octanol–water partition coefficient (Wildman–Crippen LogP) is 1.70. The number of carbonyl (C=O) groups is 2. The van der Waals surface area contributed by atoms with Crippen molar-refractivity contribution in [3.8, 4) is 0 Å². The normalized spacial score (nSPS) is 10.2. The summed E-state index contributed by atoms with van der Waals surface area (Å²) in [5, 5.41) is 14.9. The van der Waals surface area contributed by atoms with Crippen molar-refractivity contribution in [2.24, 2.45) is 0 Å². The summed E-state index contributed by atoms with van der Waals surface area (Å²) in [6.45, 7) is 2.52. The highest BCUT2D eigenvalue weighted by molar-refractivity contribution is 7.98. The van der Waals surface area contributed by atoms with Crippen LogP contribution in [0.3, 0.4) is 0 Å². The van der Waals surface area contributed by atoms with Crippen molar-refractivity contribution in [1.29, 1.82) is 0 Å². The Bertz CT molecular complexity index is 448. The number of aromatic nitrogens is 1. The molecule has 0 aromatic carbocycles. The van der Waals surface area contributed by atoms with E-state index < -0.39 is 5.97 Å². The van der Waals surface area contributed by atoms with Gasteiger partial charge >= 0.3 is 12.0 Å². The number of hydrogen-bond acceptors (Lipinski definition) is 5. The van der Waals surface area contributed by atoms with E-state index in [0.717, 1.165) is 23.5 Å². The first kappa shape index (κ1) is 15.8. The van der Waals surface area contributed by atoms with Gasteiger partial charge < -0.3 is 15.7 Å². The zero-order valence-electron chi connectivity index (χ0n) is 10.9. The van der Waals surface area contributed by atoms with E-state index in [1.165, 1.54) is 0 Å². The summed E-state index contributed by atoms with van der Waals surface area (Å²) >= 11 is 2.82. The Morgan fingerprint density at radius 3 is 2.74 bits per heavy atom. The maximum Gasteiger partial charge on any atom is 0.347 e. The second-order valence-corrected chi connectivity index (χ2v) is 5.85. The lowest BCUT2D eigenvalue weighted by atomic mass is 10.4. The fraction of sp³-hybridized carbons (Fsp3) is 0.545. The zero-order valence-corrected chi connectivity index (χ0v) is 12.5. The van der Waals surface area contributed by atoms with Gasteiger partial charge in [-0.15, -0.1) is 11.3 Å². The van der Waals surface area contributed by atoms with E-state index in [1.807, 2.05) is 6.26 Å². The van der Waals surface area contributed by atoms with Crippen LogP contribution >= 0.6 is 23.1 Å². The van der Waals surface area contributed by atoms with Crippen LogP contribution in [0.25, 0.3) is 0 Å². The number of amides is 2. The first-order chi connectivity index (χ1) is 9.04. The lowest BCUT2D eigenvalue weighted by Gasteiger charge is -2.05. The molecule has 1 aromatic rings. The van der Waals surface area contributed by atoms with Crippen molar-refractivity contribution in [2.75, 3.05) is 18.6 Å². The molecule has 0 aliphatic heterocycles. The van der Waals surface area contributed by atoms with Gasteiger partial charge in [0.25, 0.3) is 0 Å². The minimum Gasteiger partial charge on any atom is -0.477 e. The monoisotopic (exact) mass is 303 g/mol. The molecule has 0 spiro atoms. The van der Waals surface area contributed by atoms with Crippen LogP contribution in [-0.2, 0) is 6.54 Å². The molecule has 3 N–H and O–H groups in total. The van der Waals surface area contributed by atoms with Crippen LogP contribution in [0.15, 0.2) is 0 Å². The Morgan fingerprint density at radius 2 is 2.16 bits per heavy atom. The number of aryl methyl sites for hydroxylation is 1. The average Bonchev–Trinajstić information content (AvgIpc) is 2.74. The van der Waals surface area contributed by atoms with Crippen molar-refractivity contribution < 1.29 is 14.7 Å². The fourth-order valence-corrected chi connectivity index (χ4v) is 2.64. The molecule has 0 saturated heterocycles. The van der Waals surface area contributed by atoms with Crippen molar-refractivity contribution >= 4 is 35.1 Å². The number of thiazole rings is 1. The SMILES string of the molecule is CSCCCNC(=O)NCc1nc(C)c(C(=O)O)s1. The Morgan fingerprint density at radius 1 is 1.42 bits per heavy atom. The molecule has 0 aliphatic rings. The van der Waals surface area contributed by atoms with Gasteiger partial charge in [0.1, 0.15) is 9.88 Å². The molecule has 19 heavy (non-hydrogen) atoms. The fourth-order valence-electron chi connectivity index (χ4n) is 1.36. The largest absolute Gasteiger partial charge is 0.477 e. The molecular formula is C11H17N3O3S2. The van der Waals surface area contributed by atoms with Gasteiger partial charge in [0.15, 0.2) is 0 Å². The van der Waals surface area contributed by atoms with Crippen molar-refractivity contribution in [2.45, 2.75) is 19.9 Å². The number of rotatable bonds is 7. The van der Waals surface area contributed by atoms with Gasteiger partial charge in [-0.05, 0) is 25.4 Å². The molecule has 2 amide bonds. The van der Waals surface area contributed by atoms with Crippen molar-refractivity contribution in [3.05, 3.63) is 15.6 Å². The van der Waals surface area contributed by atoms with Crippen LogP contribution in [0.5, 0.6) is 0 Å². The van der Waals surface area contributed by atoms with Gasteiger partial charge in [-0.25, -0.2) is 14.6 Å². The molecule has 0 bridgehead atoms. The van der Waals surface area contributed by atoms with Gasteiger partial charge in [0.05, 0.1) is 12.2 Å². The number of aromatic carboxylic acids is 1. The van der Waals surface area contributed by atoms with Gasteiger partial charge in [-0.1, -0.05) is 0 Å². The van der Waals surface area contributed by atoms with Gasteiger partial charge in [-0.3, -0.25) is 0 Å². The number of carboxylic acids is 1. The summed E-state index contributed by atoms with van der Waals surface area (Å²) < 4.78 is 0. The molecule has 1 rings (SSSR count). The summed E-state index contributed by atoms with van der Waals surface area (Å²) in [6, 6.07) is -0.258. The average molecular weight is 303 g/mol. The van der Waals surface area contributed by atoms with Crippen LogP contribution in [0.1, 0.15) is 26.8 Å². The Balaban J connectivity index is 2.34.